The Morgan fingerprint density at radius 2 is 2.18 bits per heavy atom. The lowest BCUT2D eigenvalue weighted by atomic mass is 10.0. The first-order valence-electron chi connectivity index (χ1n) is 10.4. The molecule has 4 N–H and O–H groups in total. The van der Waals surface area contributed by atoms with Gasteiger partial charge in [0, 0.05) is 24.7 Å². The van der Waals surface area contributed by atoms with E-state index in [-0.39, 0.29) is 24.7 Å². The van der Waals surface area contributed by atoms with Gasteiger partial charge in [0.05, 0.1) is 37.8 Å². The molecule has 12 nitrogen and oxygen atoms in total. The van der Waals surface area contributed by atoms with Crippen LogP contribution in [-0.2, 0) is 18.1 Å². The van der Waals surface area contributed by atoms with E-state index in [1.54, 1.807) is 29.1 Å². The number of phosphoric ester groups is 1. The minimum absolute atomic E-state index is 0.0354. The van der Waals surface area contributed by atoms with E-state index >= 15 is 0 Å². The predicted octanol–water partition coefficient (Wildman–Crippen LogP) is 1.88. The molecule has 0 bridgehead atoms. The fraction of sp³-hybridized carbons (Fsp3) is 0.400. The molecule has 13 heteroatoms. The van der Waals surface area contributed by atoms with E-state index in [9.17, 15) is 14.5 Å². The van der Waals surface area contributed by atoms with E-state index in [0.29, 0.717) is 24.1 Å². The second-order valence-corrected chi connectivity index (χ2v) is 9.64. The van der Waals surface area contributed by atoms with E-state index in [1.165, 1.54) is 6.33 Å². The van der Waals surface area contributed by atoms with Crippen LogP contribution in [0.2, 0.25) is 0 Å². The molecular formula is C20H23N6O6P. The lowest BCUT2D eigenvalue weighted by Gasteiger charge is -2.30. The quantitative estimate of drug-likeness (QED) is 0.367. The number of rotatable bonds is 5. The Hall–Kier alpha value is -2.89. The summed E-state index contributed by atoms with van der Waals surface area (Å²) >= 11 is 0. The molecule has 174 valence electrons. The summed E-state index contributed by atoms with van der Waals surface area (Å²) in [6.45, 7) is 4.21. The molecule has 3 aromatic rings. The molecule has 2 fully saturated rings. The molecule has 33 heavy (non-hydrogen) atoms. The summed E-state index contributed by atoms with van der Waals surface area (Å²) < 4.78 is 31.3. The number of nitrogen functional groups attached to an aromatic ring is 1. The van der Waals surface area contributed by atoms with Crippen LogP contribution in [0.25, 0.3) is 11.2 Å². The van der Waals surface area contributed by atoms with Crippen LogP contribution in [0.5, 0.6) is 0 Å². The molecule has 1 saturated carbocycles. The first-order valence-corrected chi connectivity index (χ1v) is 11.9. The first-order chi connectivity index (χ1) is 15.8. The molecule has 5 rings (SSSR count). The highest BCUT2D eigenvalue weighted by molar-refractivity contribution is 7.48. The average molecular weight is 474 g/mol. The summed E-state index contributed by atoms with van der Waals surface area (Å²) in [5, 5.41) is 10.7. The van der Waals surface area contributed by atoms with Crippen LogP contribution in [0.4, 0.5) is 5.95 Å². The Kier molecular flexibility index (Phi) is 5.63. The number of hydrogen-bond donors (Lipinski definition) is 3. The number of aliphatic hydroxyl groups is 1. The summed E-state index contributed by atoms with van der Waals surface area (Å²) in [6, 6.07) is 3.18. The van der Waals surface area contributed by atoms with Crippen molar-refractivity contribution in [3.8, 4) is 0 Å². The minimum atomic E-state index is -3.84. The Morgan fingerprint density at radius 3 is 2.97 bits per heavy atom. The third-order valence-corrected chi connectivity index (χ3v) is 7.47. The van der Waals surface area contributed by atoms with E-state index in [4.69, 9.17) is 19.3 Å². The lowest BCUT2D eigenvalue weighted by Crippen LogP contribution is -2.22. The fourth-order valence-electron chi connectivity index (χ4n) is 4.28. The number of hydrogen-bond acceptors (Lipinski definition) is 10. The van der Waals surface area contributed by atoms with Crippen LogP contribution >= 0.6 is 7.82 Å². The normalized spacial score (nSPS) is 30.2. The number of nitrogens with two attached hydrogens (primary N) is 1. The van der Waals surface area contributed by atoms with Gasteiger partial charge in [-0.15, -0.1) is 0 Å². The molecule has 0 radical (unpaired) electrons. The summed E-state index contributed by atoms with van der Waals surface area (Å²) in [5.41, 5.74) is 7.11. The summed E-state index contributed by atoms with van der Waals surface area (Å²) in [6.07, 6.45) is 4.28. The Morgan fingerprint density at radius 1 is 1.39 bits per heavy atom. The molecule has 1 saturated heterocycles. The van der Waals surface area contributed by atoms with Crippen molar-refractivity contribution in [2.45, 2.75) is 31.1 Å². The highest BCUT2D eigenvalue weighted by Gasteiger charge is 2.42. The standard InChI is InChI=1S/C20H23N6O6P/c1-11-13(9-31-33(29)30-7-4-16(32-33)12-2-5-22-6-3-12)15(27)8-14(11)26-10-23-17-18(26)24-20(21)25-19(17)28/h2-3,5-6,10,13-16,27H,1,4,7-9H2,(H3,21,24,25,28)/t13-,14-,15-,16+,33?/m0/s1. The number of imidazole rings is 1. The molecular weight excluding hydrogens is 451 g/mol. The van der Waals surface area contributed by atoms with Crippen molar-refractivity contribution in [2.75, 3.05) is 18.9 Å². The third-order valence-electron chi connectivity index (χ3n) is 6.00. The SMILES string of the molecule is C=C1[C@H](COP2(=O)OCC[C@H](c3ccncc3)O2)[C@@H](O)C[C@@H]1n1cnc2c(=O)[nH]c(N)nc21. The van der Waals surface area contributed by atoms with Crippen LogP contribution in [0.15, 0.2) is 47.8 Å². The number of aromatic amines is 1. The van der Waals surface area contributed by atoms with Gasteiger partial charge in [0.25, 0.3) is 5.56 Å². The summed E-state index contributed by atoms with van der Waals surface area (Å²) in [5.74, 6) is -0.571. The lowest BCUT2D eigenvalue weighted by molar-refractivity contribution is 0.0165. The summed E-state index contributed by atoms with van der Waals surface area (Å²) in [4.78, 5) is 26.7. The number of aromatic nitrogens is 5. The number of aliphatic hydroxyl groups excluding tert-OH is 1. The van der Waals surface area contributed by atoms with Crippen molar-refractivity contribution in [3.63, 3.8) is 0 Å². The van der Waals surface area contributed by atoms with Crippen molar-refractivity contribution in [1.82, 2.24) is 24.5 Å². The van der Waals surface area contributed by atoms with Gasteiger partial charge in [0.2, 0.25) is 5.95 Å². The average Bonchev–Trinajstić information content (AvgIpc) is 3.33. The number of phosphoric acid groups is 1. The maximum absolute atomic E-state index is 13.1. The number of pyridine rings is 1. The zero-order valence-corrected chi connectivity index (χ0v) is 18.4. The van der Waals surface area contributed by atoms with Crippen LogP contribution < -0.4 is 11.3 Å². The largest absolute Gasteiger partial charge is 0.475 e. The van der Waals surface area contributed by atoms with E-state index in [0.717, 1.165) is 5.56 Å². The smallest absolute Gasteiger partial charge is 0.392 e. The number of nitrogens with one attached hydrogen (secondary N) is 1. The van der Waals surface area contributed by atoms with Crippen LogP contribution in [-0.4, -0.2) is 48.9 Å². The molecule has 0 amide bonds. The van der Waals surface area contributed by atoms with Gasteiger partial charge in [-0.25, -0.2) is 9.55 Å². The maximum atomic E-state index is 13.1. The van der Waals surface area contributed by atoms with Crippen molar-refractivity contribution in [1.29, 1.82) is 0 Å². The van der Waals surface area contributed by atoms with Crippen molar-refractivity contribution in [3.05, 3.63) is 58.9 Å². The van der Waals surface area contributed by atoms with Crippen LogP contribution in [0.3, 0.4) is 0 Å². The van der Waals surface area contributed by atoms with E-state index in [2.05, 4.69) is 26.5 Å². The highest BCUT2D eigenvalue weighted by Crippen LogP contribution is 2.57. The number of H-pyrrole nitrogens is 1. The first kappa shape index (κ1) is 21.9. The monoisotopic (exact) mass is 474 g/mol. The van der Waals surface area contributed by atoms with Gasteiger partial charge in [0.15, 0.2) is 11.2 Å². The Labute approximate surface area is 188 Å². The van der Waals surface area contributed by atoms with Gasteiger partial charge in [0.1, 0.15) is 0 Å². The Bertz CT molecular complexity index is 1290. The zero-order chi connectivity index (χ0) is 23.2. The van der Waals surface area contributed by atoms with E-state index in [1.807, 2.05) is 0 Å². The molecule has 5 atom stereocenters. The predicted molar refractivity (Wildman–Crippen MR) is 117 cm³/mol. The number of nitrogens with zero attached hydrogens (tertiary/aromatic N) is 4. The number of fused-ring (bicyclic) bond motifs is 1. The van der Waals surface area contributed by atoms with Crippen LogP contribution in [0.1, 0.15) is 30.6 Å². The molecule has 0 spiro atoms. The second-order valence-electron chi connectivity index (χ2n) is 8.01. The molecule has 1 aliphatic heterocycles. The zero-order valence-electron chi connectivity index (χ0n) is 17.5. The van der Waals surface area contributed by atoms with Gasteiger partial charge in [-0.2, -0.15) is 4.98 Å². The fourth-order valence-corrected chi connectivity index (χ4v) is 5.68. The van der Waals surface area contributed by atoms with Gasteiger partial charge in [-0.3, -0.25) is 28.3 Å². The minimum Gasteiger partial charge on any atom is -0.392 e. The van der Waals surface area contributed by atoms with Crippen molar-refractivity contribution in [2.24, 2.45) is 5.92 Å². The molecule has 1 unspecified atom stereocenters. The van der Waals surface area contributed by atoms with Gasteiger partial charge in [-0.1, -0.05) is 6.58 Å². The highest BCUT2D eigenvalue weighted by atomic mass is 31.2. The third kappa shape index (κ3) is 4.11. The molecule has 4 heterocycles. The second kappa shape index (κ2) is 8.47. The molecule has 2 aliphatic rings. The topological polar surface area (TPSA) is 167 Å². The van der Waals surface area contributed by atoms with Crippen LogP contribution in [0, 0.1) is 5.92 Å². The molecule has 0 aromatic carbocycles. The summed E-state index contributed by atoms with van der Waals surface area (Å²) in [7, 11) is -3.84. The maximum Gasteiger partial charge on any atom is 0.475 e. The van der Waals surface area contributed by atoms with Gasteiger partial charge < -0.3 is 15.4 Å². The molecule has 3 aromatic heterocycles. The van der Waals surface area contributed by atoms with Crippen molar-refractivity contribution < 1.29 is 23.2 Å². The Balaban J connectivity index is 1.31. The molecule has 1 aliphatic carbocycles. The van der Waals surface area contributed by atoms with Gasteiger partial charge >= 0.3 is 7.82 Å². The van der Waals surface area contributed by atoms with E-state index < -0.39 is 37.5 Å². The van der Waals surface area contributed by atoms with Gasteiger partial charge in [-0.05, 0) is 29.7 Å². The van der Waals surface area contributed by atoms with Crippen molar-refractivity contribution >= 4 is 24.9 Å². The number of anilines is 1.